The SMILES string of the molecule is COc1ccc(C(=O)NCCc2noc(C3CC3)n2)cn1. The van der Waals surface area contributed by atoms with Crippen molar-refractivity contribution in [3.05, 3.63) is 35.6 Å². The number of carbonyl (C=O) groups excluding carboxylic acids is 1. The van der Waals surface area contributed by atoms with Crippen LogP contribution >= 0.6 is 0 Å². The highest BCUT2D eigenvalue weighted by atomic mass is 16.5. The van der Waals surface area contributed by atoms with Gasteiger partial charge in [0, 0.05) is 31.1 Å². The maximum atomic E-state index is 11.9. The summed E-state index contributed by atoms with van der Waals surface area (Å²) in [5.74, 6) is 2.09. The zero-order chi connectivity index (χ0) is 14.7. The van der Waals surface area contributed by atoms with Crippen molar-refractivity contribution in [2.24, 2.45) is 0 Å². The van der Waals surface area contributed by atoms with Gasteiger partial charge in [0.05, 0.1) is 12.7 Å². The number of pyridine rings is 1. The molecular formula is C14H16N4O3. The zero-order valence-electron chi connectivity index (χ0n) is 11.7. The molecule has 0 saturated heterocycles. The lowest BCUT2D eigenvalue weighted by Crippen LogP contribution is -2.26. The lowest BCUT2D eigenvalue weighted by molar-refractivity contribution is 0.0953. The molecule has 7 nitrogen and oxygen atoms in total. The van der Waals surface area contributed by atoms with E-state index in [1.807, 2.05) is 0 Å². The van der Waals surface area contributed by atoms with Crippen molar-refractivity contribution in [1.29, 1.82) is 0 Å². The van der Waals surface area contributed by atoms with Gasteiger partial charge in [-0.2, -0.15) is 4.98 Å². The molecule has 1 aliphatic rings. The van der Waals surface area contributed by atoms with Crippen LogP contribution < -0.4 is 10.1 Å². The van der Waals surface area contributed by atoms with E-state index in [0.717, 1.165) is 18.7 Å². The molecule has 2 aromatic heterocycles. The van der Waals surface area contributed by atoms with Crippen molar-refractivity contribution < 1.29 is 14.1 Å². The number of aromatic nitrogens is 3. The average Bonchev–Trinajstić information content (AvgIpc) is 3.27. The van der Waals surface area contributed by atoms with Gasteiger partial charge < -0.3 is 14.6 Å². The first-order chi connectivity index (χ1) is 10.3. The first-order valence-corrected chi connectivity index (χ1v) is 6.87. The Hall–Kier alpha value is -2.44. The third-order valence-corrected chi connectivity index (χ3v) is 3.25. The minimum absolute atomic E-state index is 0.184. The molecule has 0 aliphatic heterocycles. The second kappa shape index (κ2) is 5.90. The molecule has 0 unspecified atom stereocenters. The Morgan fingerprint density at radius 3 is 3.00 bits per heavy atom. The molecule has 1 fully saturated rings. The molecule has 0 radical (unpaired) electrons. The highest BCUT2D eigenvalue weighted by Gasteiger charge is 2.29. The molecule has 2 heterocycles. The minimum Gasteiger partial charge on any atom is -0.481 e. The van der Waals surface area contributed by atoms with Crippen molar-refractivity contribution >= 4 is 5.91 Å². The predicted molar refractivity (Wildman–Crippen MR) is 73.1 cm³/mol. The summed E-state index contributed by atoms with van der Waals surface area (Å²) >= 11 is 0. The van der Waals surface area contributed by atoms with Crippen LogP contribution in [0, 0.1) is 0 Å². The maximum absolute atomic E-state index is 11.9. The number of rotatable bonds is 6. The number of nitrogens with zero attached hydrogens (tertiary/aromatic N) is 3. The smallest absolute Gasteiger partial charge is 0.252 e. The topological polar surface area (TPSA) is 90.1 Å². The van der Waals surface area contributed by atoms with E-state index in [0.29, 0.717) is 36.2 Å². The van der Waals surface area contributed by atoms with Crippen LogP contribution in [0.1, 0.15) is 40.8 Å². The molecule has 0 atom stereocenters. The third kappa shape index (κ3) is 3.36. The Labute approximate surface area is 121 Å². The van der Waals surface area contributed by atoms with Gasteiger partial charge in [-0.1, -0.05) is 5.16 Å². The lowest BCUT2D eigenvalue weighted by Gasteiger charge is -2.04. The summed E-state index contributed by atoms with van der Waals surface area (Å²) in [6.07, 6.45) is 4.28. The Bertz CT molecular complexity index is 619. The summed E-state index contributed by atoms with van der Waals surface area (Å²) in [6.45, 7) is 0.453. The largest absolute Gasteiger partial charge is 0.481 e. The summed E-state index contributed by atoms with van der Waals surface area (Å²) in [5.41, 5.74) is 0.489. The van der Waals surface area contributed by atoms with Crippen LogP contribution in [0.4, 0.5) is 0 Å². The van der Waals surface area contributed by atoms with Crippen molar-refractivity contribution in [3.8, 4) is 5.88 Å². The van der Waals surface area contributed by atoms with Crippen LogP contribution in [0.15, 0.2) is 22.9 Å². The highest BCUT2D eigenvalue weighted by Crippen LogP contribution is 2.38. The van der Waals surface area contributed by atoms with Gasteiger partial charge in [-0.05, 0) is 18.9 Å². The van der Waals surface area contributed by atoms with E-state index in [4.69, 9.17) is 9.26 Å². The Morgan fingerprint density at radius 1 is 1.48 bits per heavy atom. The molecule has 3 rings (SSSR count). The lowest BCUT2D eigenvalue weighted by atomic mass is 10.2. The van der Waals surface area contributed by atoms with E-state index >= 15 is 0 Å². The predicted octanol–water partition coefficient (Wildman–Crippen LogP) is 1.32. The van der Waals surface area contributed by atoms with Gasteiger partial charge in [0.1, 0.15) is 0 Å². The van der Waals surface area contributed by atoms with Crippen LogP contribution in [0.3, 0.4) is 0 Å². The monoisotopic (exact) mass is 288 g/mol. The Balaban J connectivity index is 1.48. The summed E-state index contributed by atoms with van der Waals surface area (Å²) in [6, 6.07) is 3.32. The average molecular weight is 288 g/mol. The normalized spacial score (nSPS) is 14.0. The van der Waals surface area contributed by atoms with Gasteiger partial charge in [-0.3, -0.25) is 4.79 Å². The van der Waals surface area contributed by atoms with Crippen LogP contribution in [-0.4, -0.2) is 34.7 Å². The fourth-order valence-corrected chi connectivity index (χ4v) is 1.89. The molecule has 1 amide bonds. The van der Waals surface area contributed by atoms with Crippen molar-refractivity contribution in [1.82, 2.24) is 20.4 Å². The van der Waals surface area contributed by atoms with Gasteiger partial charge in [0.15, 0.2) is 5.82 Å². The molecule has 0 bridgehead atoms. The van der Waals surface area contributed by atoms with Crippen molar-refractivity contribution in [3.63, 3.8) is 0 Å². The second-order valence-electron chi connectivity index (χ2n) is 4.92. The molecular weight excluding hydrogens is 272 g/mol. The fraction of sp³-hybridized carbons (Fsp3) is 0.429. The van der Waals surface area contributed by atoms with Crippen molar-refractivity contribution in [2.75, 3.05) is 13.7 Å². The number of methoxy groups -OCH3 is 1. The van der Waals surface area contributed by atoms with Crippen LogP contribution in [0.25, 0.3) is 0 Å². The van der Waals surface area contributed by atoms with Crippen molar-refractivity contribution in [2.45, 2.75) is 25.2 Å². The van der Waals surface area contributed by atoms with E-state index in [-0.39, 0.29) is 5.91 Å². The standard InChI is InChI=1S/C14H16N4O3/c1-20-12-5-4-10(8-16-12)13(19)15-7-6-11-17-14(21-18-11)9-2-3-9/h4-5,8-9H,2-3,6-7H2,1H3,(H,15,19). The van der Waals surface area contributed by atoms with Crippen LogP contribution in [0.2, 0.25) is 0 Å². The van der Waals surface area contributed by atoms with E-state index in [1.54, 1.807) is 12.1 Å². The third-order valence-electron chi connectivity index (χ3n) is 3.25. The molecule has 110 valence electrons. The summed E-state index contributed by atoms with van der Waals surface area (Å²) in [5, 5.41) is 6.70. The first-order valence-electron chi connectivity index (χ1n) is 6.87. The van der Waals surface area contributed by atoms with Gasteiger partial charge in [-0.15, -0.1) is 0 Å². The van der Waals surface area contributed by atoms with E-state index in [9.17, 15) is 4.79 Å². The number of amides is 1. The van der Waals surface area contributed by atoms with Gasteiger partial charge >= 0.3 is 0 Å². The summed E-state index contributed by atoms with van der Waals surface area (Å²) in [4.78, 5) is 20.2. The maximum Gasteiger partial charge on any atom is 0.252 e. The minimum atomic E-state index is -0.184. The van der Waals surface area contributed by atoms with Gasteiger partial charge in [0.2, 0.25) is 11.8 Å². The number of carbonyl (C=O) groups is 1. The van der Waals surface area contributed by atoms with E-state index in [2.05, 4.69) is 20.4 Å². The number of ether oxygens (including phenoxy) is 1. The Morgan fingerprint density at radius 2 is 2.33 bits per heavy atom. The molecule has 0 aromatic carbocycles. The fourth-order valence-electron chi connectivity index (χ4n) is 1.89. The van der Waals surface area contributed by atoms with E-state index < -0.39 is 0 Å². The molecule has 0 spiro atoms. The molecule has 1 N–H and O–H groups in total. The molecule has 1 saturated carbocycles. The molecule has 21 heavy (non-hydrogen) atoms. The van der Waals surface area contributed by atoms with E-state index in [1.165, 1.54) is 13.3 Å². The summed E-state index contributed by atoms with van der Waals surface area (Å²) < 4.78 is 10.1. The number of hydrogen-bond acceptors (Lipinski definition) is 6. The van der Waals surface area contributed by atoms with Gasteiger partial charge in [-0.25, -0.2) is 4.98 Å². The summed E-state index contributed by atoms with van der Waals surface area (Å²) in [7, 11) is 1.53. The number of hydrogen-bond donors (Lipinski definition) is 1. The highest BCUT2D eigenvalue weighted by molar-refractivity contribution is 5.93. The Kier molecular flexibility index (Phi) is 3.81. The first kappa shape index (κ1) is 13.5. The van der Waals surface area contributed by atoms with Crippen LogP contribution in [0.5, 0.6) is 5.88 Å². The van der Waals surface area contributed by atoms with Crippen LogP contribution in [-0.2, 0) is 6.42 Å². The second-order valence-corrected chi connectivity index (χ2v) is 4.92. The molecule has 7 heteroatoms. The number of nitrogens with one attached hydrogen (secondary N) is 1. The quantitative estimate of drug-likeness (QED) is 0.862. The van der Waals surface area contributed by atoms with Gasteiger partial charge in [0.25, 0.3) is 5.91 Å². The molecule has 2 aromatic rings. The zero-order valence-corrected chi connectivity index (χ0v) is 11.7. The molecule has 1 aliphatic carbocycles.